The first-order valence-corrected chi connectivity index (χ1v) is 20.4. The molecule has 10 aromatic rings. The Hall–Kier alpha value is -7.43. The summed E-state index contributed by atoms with van der Waals surface area (Å²) >= 11 is 0. The fourth-order valence-corrected chi connectivity index (χ4v) is 9.17. The summed E-state index contributed by atoms with van der Waals surface area (Å²) < 4.78 is 2.37. The van der Waals surface area contributed by atoms with E-state index in [-0.39, 0.29) is 0 Å². The molecule has 11 rings (SSSR count). The molecule has 0 saturated heterocycles. The van der Waals surface area contributed by atoms with E-state index < -0.39 is 0 Å². The predicted octanol–water partition coefficient (Wildman–Crippen LogP) is 13.7. The molecule has 0 N–H and O–H groups in total. The van der Waals surface area contributed by atoms with Crippen molar-refractivity contribution in [1.82, 2.24) is 19.5 Å². The summed E-state index contributed by atoms with van der Waals surface area (Å²) in [7, 11) is 0. The van der Waals surface area contributed by atoms with Crippen molar-refractivity contribution >= 4 is 21.8 Å². The van der Waals surface area contributed by atoms with Crippen molar-refractivity contribution in [1.29, 1.82) is 0 Å². The van der Waals surface area contributed by atoms with Crippen molar-refractivity contribution in [3.63, 3.8) is 0 Å². The van der Waals surface area contributed by atoms with E-state index >= 15 is 0 Å². The van der Waals surface area contributed by atoms with Crippen LogP contribution in [0.1, 0.15) is 35.4 Å². The molecule has 2 atom stereocenters. The van der Waals surface area contributed by atoms with E-state index in [1.54, 1.807) is 0 Å². The smallest absolute Gasteiger partial charge is 0.164 e. The van der Waals surface area contributed by atoms with E-state index in [0.717, 1.165) is 45.2 Å². The van der Waals surface area contributed by atoms with Gasteiger partial charge < -0.3 is 4.57 Å². The molecule has 2 unspecified atom stereocenters. The van der Waals surface area contributed by atoms with E-state index in [1.165, 1.54) is 44.3 Å². The Morgan fingerprint density at radius 1 is 0.441 bits per heavy atom. The number of hydrogen-bond acceptors (Lipinski definition) is 3. The van der Waals surface area contributed by atoms with Crippen molar-refractivity contribution in [2.75, 3.05) is 0 Å². The fraction of sp³-hybridized carbons (Fsp3) is 0.0727. The highest BCUT2D eigenvalue weighted by atomic mass is 15.0. The molecule has 4 heteroatoms. The zero-order valence-electron chi connectivity index (χ0n) is 32.7. The van der Waals surface area contributed by atoms with Gasteiger partial charge in [0.25, 0.3) is 0 Å². The van der Waals surface area contributed by atoms with Gasteiger partial charge in [0, 0.05) is 33.2 Å². The van der Waals surface area contributed by atoms with Gasteiger partial charge in [-0.3, -0.25) is 0 Å². The van der Waals surface area contributed by atoms with Crippen molar-refractivity contribution in [3.8, 4) is 62.1 Å². The third-order valence-corrected chi connectivity index (χ3v) is 12.2. The second-order valence-electron chi connectivity index (χ2n) is 15.6. The minimum absolute atomic E-state index is 0.409. The lowest BCUT2D eigenvalue weighted by Crippen LogP contribution is -2.17. The van der Waals surface area contributed by atoms with E-state index in [2.05, 4.69) is 175 Å². The van der Waals surface area contributed by atoms with Gasteiger partial charge in [-0.1, -0.05) is 159 Å². The normalized spacial score (nSPS) is 13.9. The first-order valence-electron chi connectivity index (χ1n) is 20.4. The van der Waals surface area contributed by atoms with Crippen LogP contribution in [0.5, 0.6) is 0 Å². The molecule has 2 heterocycles. The molecular weight excluding hydrogens is 717 g/mol. The van der Waals surface area contributed by atoms with Gasteiger partial charge in [0.1, 0.15) is 0 Å². The molecule has 0 aliphatic heterocycles. The molecule has 4 nitrogen and oxygen atoms in total. The molecule has 1 aliphatic carbocycles. The zero-order chi connectivity index (χ0) is 39.3. The van der Waals surface area contributed by atoms with Gasteiger partial charge in [-0.05, 0) is 106 Å². The van der Waals surface area contributed by atoms with Crippen molar-refractivity contribution in [2.45, 2.75) is 25.2 Å². The number of fused-ring (bicyclic) bond motifs is 6. The second-order valence-corrected chi connectivity index (χ2v) is 15.6. The molecule has 280 valence electrons. The Bertz CT molecular complexity index is 3080. The quantitative estimate of drug-likeness (QED) is 0.163. The van der Waals surface area contributed by atoms with E-state index in [0.29, 0.717) is 29.3 Å². The molecule has 1 aliphatic rings. The largest absolute Gasteiger partial charge is 0.309 e. The maximum atomic E-state index is 5.08. The molecule has 59 heavy (non-hydrogen) atoms. The van der Waals surface area contributed by atoms with Crippen LogP contribution in [-0.4, -0.2) is 19.5 Å². The number of rotatable bonds is 7. The summed E-state index contributed by atoms with van der Waals surface area (Å²) in [6.45, 7) is 2.38. The highest BCUT2D eigenvalue weighted by Crippen LogP contribution is 2.47. The molecule has 0 bridgehead atoms. The molecular formula is C55H40N4. The minimum Gasteiger partial charge on any atom is -0.309 e. The second kappa shape index (κ2) is 14.5. The van der Waals surface area contributed by atoms with Gasteiger partial charge in [0.2, 0.25) is 0 Å². The molecule has 8 aromatic carbocycles. The van der Waals surface area contributed by atoms with Crippen LogP contribution in [0.3, 0.4) is 0 Å². The van der Waals surface area contributed by atoms with Crippen LogP contribution < -0.4 is 0 Å². The van der Waals surface area contributed by atoms with Gasteiger partial charge in [-0.2, -0.15) is 0 Å². The molecule has 0 radical (unpaired) electrons. The monoisotopic (exact) mass is 756 g/mol. The summed E-state index contributed by atoms with van der Waals surface area (Å²) in [5.41, 5.74) is 15.6. The average Bonchev–Trinajstić information content (AvgIpc) is 3.65. The SMILES string of the molecule is CC(c1ccccc1)C1Cc2ccc(-c3ccc4c(c3)c3cc(-c5nc(-c6ccccc6)nc(-c6ccccc6)n5)ccc3n4-c3ccccc3)cc2-c2ccccc21. The number of hydrogen-bond donors (Lipinski definition) is 0. The van der Waals surface area contributed by atoms with E-state index in [9.17, 15) is 0 Å². The molecule has 0 spiro atoms. The minimum atomic E-state index is 0.409. The summed E-state index contributed by atoms with van der Waals surface area (Å²) in [4.78, 5) is 15.1. The van der Waals surface area contributed by atoms with Gasteiger partial charge in [-0.25, -0.2) is 15.0 Å². The lowest BCUT2D eigenvalue weighted by molar-refractivity contribution is 0.568. The van der Waals surface area contributed by atoms with Crippen molar-refractivity contribution in [2.24, 2.45) is 0 Å². The van der Waals surface area contributed by atoms with Gasteiger partial charge >= 0.3 is 0 Å². The highest BCUT2D eigenvalue weighted by Gasteiger charge is 2.29. The number of nitrogens with zero attached hydrogens (tertiary/aromatic N) is 4. The van der Waals surface area contributed by atoms with Gasteiger partial charge in [0.05, 0.1) is 11.0 Å². The van der Waals surface area contributed by atoms with Crippen LogP contribution in [-0.2, 0) is 6.42 Å². The zero-order valence-corrected chi connectivity index (χ0v) is 32.7. The third-order valence-electron chi connectivity index (χ3n) is 12.2. The summed E-state index contributed by atoms with van der Waals surface area (Å²) in [6, 6.07) is 71.6. The third kappa shape index (κ3) is 6.21. The highest BCUT2D eigenvalue weighted by molar-refractivity contribution is 6.11. The molecule has 0 saturated carbocycles. The Morgan fingerprint density at radius 3 is 1.58 bits per heavy atom. The van der Waals surface area contributed by atoms with Crippen LogP contribution in [0.15, 0.2) is 200 Å². The lowest BCUT2D eigenvalue weighted by Gasteiger charge is -2.32. The first kappa shape index (κ1) is 34.8. The lowest BCUT2D eigenvalue weighted by atomic mass is 9.71. The molecule has 0 fully saturated rings. The summed E-state index contributed by atoms with van der Waals surface area (Å²) in [5.74, 6) is 2.77. The van der Waals surface area contributed by atoms with Crippen LogP contribution >= 0.6 is 0 Å². The number of benzene rings is 8. The predicted molar refractivity (Wildman–Crippen MR) is 243 cm³/mol. The Balaban J connectivity index is 1.06. The Labute approximate surface area is 344 Å². The van der Waals surface area contributed by atoms with Crippen molar-refractivity contribution < 1.29 is 0 Å². The Morgan fingerprint density at radius 2 is 0.932 bits per heavy atom. The summed E-state index contributed by atoms with van der Waals surface area (Å²) in [5, 5.41) is 2.32. The average molecular weight is 757 g/mol. The van der Waals surface area contributed by atoms with Crippen molar-refractivity contribution in [3.05, 3.63) is 217 Å². The van der Waals surface area contributed by atoms with Crippen LogP contribution in [0.4, 0.5) is 0 Å². The molecule has 0 amide bonds. The topological polar surface area (TPSA) is 43.6 Å². The molecule has 2 aromatic heterocycles. The first-order chi connectivity index (χ1) is 29.2. The Kier molecular flexibility index (Phi) is 8.55. The number of aromatic nitrogens is 4. The van der Waals surface area contributed by atoms with E-state index in [4.69, 9.17) is 15.0 Å². The van der Waals surface area contributed by atoms with Gasteiger partial charge in [0.15, 0.2) is 17.5 Å². The maximum absolute atomic E-state index is 5.08. The van der Waals surface area contributed by atoms with Crippen LogP contribution in [0.2, 0.25) is 0 Å². The standard InChI is InChI=1S/C55H40N4/c1-36(37-16-6-2-7-17-37)47-34-42-27-26-40(32-48(42)46-25-15-14-24-45(46)47)41-28-30-51-49(33-41)50-35-43(29-31-52(50)59(51)44-22-12-5-13-23-44)55-57-53(38-18-8-3-9-19-38)56-54(58-55)39-20-10-4-11-21-39/h2-33,35-36,47H,34H2,1H3. The summed E-state index contributed by atoms with van der Waals surface area (Å²) in [6.07, 6.45) is 1.02. The number of para-hydroxylation sites is 1. The van der Waals surface area contributed by atoms with Crippen LogP contribution in [0.25, 0.3) is 83.9 Å². The fourth-order valence-electron chi connectivity index (χ4n) is 9.17. The van der Waals surface area contributed by atoms with Gasteiger partial charge in [-0.15, -0.1) is 0 Å². The maximum Gasteiger partial charge on any atom is 0.164 e. The van der Waals surface area contributed by atoms with E-state index in [1.807, 2.05) is 36.4 Å². The van der Waals surface area contributed by atoms with Crippen LogP contribution in [0, 0.1) is 0 Å².